The third-order valence-corrected chi connectivity index (χ3v) is 17.6. The predicted molar refractivity (Wildman–Crippen MR) is 330 cm³/mol. The van der Waals surface area contributed by atoms with Crippen LogP contribution in [0.5, 0.6) is 5.75 Å². The maximum atomic E-state index is 13.7. The number of amides is 5. The molecule has 1 aliphatic heterocycles. The zero-order chi connectivity index (χ0) is 65.4. The van der Waals surface area contributed by atoms with Crippen molar-refractivity contribution in [2.24, 2.45) is 7.05 Å². The Morgan fingerprint density at radius 1 is 0.764 bits per heavy atom. The number of sulfonamides is 1. The number of nitrogens with zero attached hydrogens (tertiary/aromatic N) is 6. The Morgan fingerprint density at radius 2 is 1.36 bits per heavy atom. The minimum absolute atomic E-state index is 0.0250. The van der Waals surface area contributed by atoms with Crippen LogP contribution in [0, 0.1) is 13.8 Å². The number of rotatable bonds is 32. The molecule has 3 unspecified atom stereocenters. The number of carbonyl (C=O) groups is 8. The number of aromatic nitrogens is 3. The van der Waals surface area contributed by atoms with Gasteiger partial charge in [0.1, 0.15) is 23.4 Å². The van der Waals surface area contributed by atoms with Gasteiger partial charge in [0.2, 0.25) is 27.3 Å². The molecule has 0 radical (unpaired) electrons. The first-order valence-corrected chi connectivity index (χ1v) is 32.9. The van der Waals surface area contributed by atoms with Gasteiger partial charge in [-0.25, -0.2) is 13.4 Å². The van der Waals surface area contributed by atoms with Crippen LogP contribution in [0.25, 0.3) is 10.9 Å². The molecule has 11 N–H and O–H groups in total. The number of aliphatic carboxylic acids is 2. The van der Waals surface area contributed by atoms with E-state index in [0.717, 1.165) is 5.56 Å². The summed E-state index contributed by atoms with van der Waals surface area (Å²) in [5, 5.41) is 46.2. The third-order valence-electron chi connectivity index (χ3n) is 14.5. The number of nitrogens with one attached hydrogen (secondary N) is 8. The molecule has 0 saturated carbocycles. The first-order valence-electron chi connectivity index (χ1n) is 29.1. The number of H-pyrrole nitrogens is 1. The van der Waals surface area contributed by atoms with Crippen molar-refractivity contribution in [2.75, 3.05) is 110 Å². The third kappa shape index (κ3) is 23.4. The van der Waals surface area contributed by atoms with Crippen molar-refractivity contribution in [3.8, 4) is 5.75 Å². The quantitative estimate of drug-likeness (QED) is 0.0192. The van der Waals surface area contributed by atoms with Gasteiger partial charge in [-0.05, 0) is 67.6 Å². The molecular weight excluding hydrogens is 1280 g/mol. The second-order valence-corrected chi connectivity index (χ2v) is 24.3. The van der Waals surface area contributed by atoms with E-state index < -0.39 is 75.7 Å². The summed E-state index contributed by atoms with van der Waals surface area (Å²) in [6, 6.07) is 4.19. The Hall–Kier alpha value is -7.62. The summed E-state index contributed by atoms with van der Waals surface area (Å²) in [5.41, 5.74) is 0.936. The molecule has 30 nitrogen and oxygen atoms in total. The number of hydrogen-bond donors (Lipinski definition) is 11. The Morgan fingerprint density at radius 3 is 1.93 bits per heavy atom. The van der Waals surface area contributed by atoms with Crippen LogP contribution in [0.3, 0.4) is 0 Å². The average molecular weight is 1370 g/mol. The number of aliphatic hydroxyl groups is 1. The van der Waals surface area contributed by atoms with Crippen LogP contribution in [-0.2, 0) is 60.0 Å². The van der Waals surface area contributed by atoms with Crippen LogP contribution in [0.15, 0.2) is 71.0 Å². The molecule has 2 aromatic heterocycles. The summed E-state index contributed by atoms with van der Waals surface area (Å²) in [6.45, 7) is 12.5. The van der Waals surface area contributed by atoms with E-state index in [4.69, 9.17) is 7.59 Å². The molecule has 89 heavy (non-hydrogen) atoms. The second kappa shape index (κ2) is 35.5. The summed E-state index contributed by atoms with van der Waals surface area (Å²) in [6.07, 6.45) is 5.28. The fourth-order valence-electron chi connectivity index (χ4n) is 9.83. The first-order chi connectivity index (χ1) is 42.3. The molecule has 1 aliphatic rings. The van der Waals surface area contributed by atoms with Gasteiger partial charge >= 0.3 is 200 Å². The number of imidazole rings is 1. The summed E-state index contributed by atoms with van der Waals surface area (Å²) < 4.78 is 42.1. The number of pyridine rings is 1. The van der Waals surface area contributed by atoms with Crippen molar-refractivity contribution in [2.45, 2.75) is 82.9 Å². The molecule has 486 valence electrons. The zero-order valence-electron chi connectivity index (χ0n) is 51.1. The molecule has 5 rings (SSSR count). The van der Waals surface area contributed by atoms with Gasteiger partial charge in [-0.1, -0.05) is 19.9 Å². The van der Waals surface area contributed by atoms with Gasteiger partial charge in [0, 0.05) is 63.6 Å². The molecule has 3 atom stereocenters. The summed E-state index contributed by atoms with van der Waals surface area (Å²) in [5.74, 6) is -5.00. The molecule has 0 aliphatic carbocycles. The monoisotopic (exact) mass is 1370 g/mol. The van der Waals surface area contributed by atoms with Gasteiger partial charge in [0.15, 0.2) is 5.95 Å². The number of aliphatic hydroxyl groups excluding tert-OH is 1. The Balaban J connectivity index is 1.04. The van der Waals surface area contributed by atoms with Gasteiger partial charge in [-0.15, -0.1) is 0 Å². The van der Waals surface area contributed by atoms with E-state index in [1.165, 1.54) is 32.2 Å². The van der Waals surface area contributed by atoms with Crippen molar-refractivity contribution in [3.05, 3.63) is 93.7 Å². The Bertz CT molecular complexity index is 3290. The summed E-state index contributed by atoms with van der Waals surface area (Å²) in [7, 11) is -2.86. The Kier molecular flexibility index (Phi) is 28.8. The molecule has 1 fully saturated rings. The van der Waals surface area contributed by atoms with Crippen LogP contribution < -0.4 is 46.8 Å². The average Bonchev–Trinajstić information content (AvgIpc) is 2.84. The number of carboxylic acids is 2. The number of fused-ring (bicyclic) bond motifs is 1. The van der Waals surface area contributed by atoms with Gasteiger partial charge in [-0.3, -0.25) is 33.6 Å². The van der Waals surface area contributed by atoms with Gasteiger partial charge in [0.25, 0.3) is 5.91 Å². The van der Waals surface area contributed by atoms with Crippen LogP contribution in [0.2, 0.25) is 0 Å². The standard InChI is InChI=1S/C57H82N14O16S.In.2H/c1-7-43(65-55(82)44(8-2)64-48(74)33-69-19-23-70(34-49(75)76)21-17-68(31-38(5)72)18-22-71(24-20-69)35-50(77)78)54(81)59-14-13-58-47(73)10-9-25-87-40-26-36(3)52(37(4)27-40)88(85,86)66-45(56(83)84)30-62-53(80)42-32-67(6)46-28-39(11-12-41(46)51(42)79)29-63-57-60-15-16-61-57;;;/h11-12,15-16,26-28,32,43-45,66,72H,5,7-10,13-14,17-25,29-31,33-35H2,1-4,6H3,(H,58,73)(H,59,81)(H,62,80)(H,64,74)(H,65,82)(H,75,76)(H,77,78)(H,83,84)(H2,60,61,63);;;/q;+1;;/p-1. The van der Waals surface area contributed by atoms with Gasteiger partial charge < -0.3 is 51.1 Å². The fourth-order valence-corrected chi connectivity index (χ4v) is 11.8. The maximum absolute atomic E-state index is 13.7. The van der Waals surface area contributed by atoms with E-state index in [1.54, 1.807) is 61.0 Å². The fraction of sp³-hybridized carbons (Fsp3) is 0.509. The number of ether oxygens (including phenoxy) is 1. The molecule has 1 saturated heterocycles. The topological polar surface area (TPSA) is 398 Å². The molecule has 3 heterocycles. The van der Waals surface area contributed by atoms with E-state index >= 15 is 0 Å². The van der Waals surface area contributed by atoms with E-state index in [1.807, 2.05) is 14.7 Å². The van der Waals surface area contributed by atoms with Crippen LogP contribution in [-0.4, -0.2) is 253 Å². The molecule has 2 aromatic carbocycles. The molecule has 0 spiro atoms. The molecule has 0 bridgehead atoms. The van der Waals surface area contributed by atoms with E-state index in [-0.39, 0.29) is 160 Å². The molecule has 32 heteroatoms. The Labute approximate surface area is 531 Å². The second-order valence-electron chi connectivity index (χ2n) is 21.5. The number of carbonyl (C=O) groups excluding carboxylic acids is 6. The van der Waals surface area contributed by atoms with Gasteiger partial charge in [0.05, 0.1) is 17.0 Å². The number of hydrogen-bond acceptors (Lipinski definition) is 20. The molecular formula is C57H83InN14O16S. The van der Waals surface area contributed by atoms with E-state index in [0.29, 0.717) is 57.3 Å². The van der Waals surface area contributed by atoms with Crippen molar-refractivity contribution < 1.29 is 69.7 Å². The molecule has 4 aromatic rings. The number of benzene rings is 2. The predicted octanol–water partition coefficient (Wildman–Crippen LogP) is -1.70. The first kappa shape index (κ1) is 72.1. The summed E-state index contributed by atoms with van der Waals surface area (Å²) in [4.78, 5) is 130. The number of aryl methyl sites for hydroxylation is 3. The van der Waals surface area contributed by atoms with Crippen molar-refractivity contribution in [1.29, 1.82) is 0 Å². The SMILES string of the molecule is C=C(O)CN1CCN(CC(=O)O)CCN(CC(=O)NC(CC)C(=O)NC(CC)C(=O)NCCNC(=O)CCCOc2cc(C)c(S(=O)(=O)NC(CNC(=O)c3cn(C)c4cc(CNc5ncc[nH]5)ccc4c3=O)C(=O)O)c(C)c2)CCN(CC(=O)[O][InH2])CC1. The van der Waals surface area contributed by atoms with E-state index in [2.05, 4.69) is 53.2 Å². The molecule has 5 amide bonds. The zero-order valence-corrected chi connectivity index (χ0v) is 57.7. The summed E-state index contributed by atoms with van der Waals surface area (Å²) >= 11 is -0.328. The van der Waals surface area contributed by atoms with Crippen LogP contribution in [0.4, 0.5) is 5.95 Å². The number of carboxylic acid groups (broad SMARTS) is 2. The van der Waals surface area contributed by atoms with Crippen LogP contribution >= 0.6 is 0 Å². The number of anilines is 1. The normalized spacial score (nSPS) is 15.0. The van der Waals surface area contributed by atoms with E-state index in [9.17, 15) is 66.9 Å². The van der Waals surface area contributed by atoms with Gasteiger partial charge in [-0.2, -0.15) is 4.72 Å². The number of aromatic amines is 1. The van der Waals surface area contributed by atoms with Crippen LogP contribution in [0.1, 0.15) is 66.6 Å². The van der Waals surface area contributed by atoms with Crippen molar-refractivity contribution in [3.63, 3.8) is 0 Å². The van der Waals surface area contributed by atoms with Crippen molar-refractivity contribution >= 4 is 99.1 Å². The van der Waals surface area contributed by atoms with Crippen molar-refractivity contribution in [1.82, 2.24) is 65.4 Å². The minimum atomic E-state index is -4.51.